The van der Waals surface area contributed by atoms with Crippen molar-refractivity contribution in [1.29, 1.82) is 0 Å². The van der Waals surface area contributed by atoms with Gasteiger partial charge in [0.2, 0.25) is 0 Å². The third-order valence-electron chi connectivity index (χ3n) is 1.71. The number of phenolic OH excluding ortho intramolecular Hbond substituents is 1. The third-order valence-corrected chi connectivity index (χ3v) is 1.71. The zero-order chi connectivity index (χ0) is 9.14. The molecular formula is C10H9FO. The summed E-state index contributed by atoms with van der Waals surface area (Å²) in [5, 5.41) is 9.27. The first-order valence-corrected chi connectivity index (χ1v) is 3.59. The van der Waals surface area contributed by atoms with Crippen LogP contribution in [0, 0.1) is 18.2 Å². The zero-order valence-corrected chi connectivity index (χ0v) is 6.71. The van der Waals surface area contributed by atoms with Crippen LogP contribution in [0.1, 0.15) is 18.4 Å². The van der Waals surface area contributed by atoms with E-state index >= 15 is 0 Å². The number of hydrogen-bond donors (Lipinski definition) is 1. The highest BCUT2D eigenvalue weighted by Gasteiger charge is 2.07. The largest absolute Gasteiger partial charge is 0.508 e. The Hall–Kier alpha value is -1.49. The van der Waals surface area contributed by atoms with Crippen LogP contribution in [-0.4, -0.2) is 5.11 Å². The number of halogens is 1. The fraction of sp³-hybridized carbons (Fsp3) is 0.200. The first-order chi connectivity index (χ1) is 5.65. The lowest BCUT2D eigenvalue weighted by Crippen LogP contribution is -1.91. The fourth-order valence-electron chi connectivity index (χ4n) is 0.962. The average molecular weight is 164 g/mol. The Kier molecular flexibility index (Phi) is 2.35. The van der Waals surface area contributed by atoms with Gasteiger partial charge in [-0.05, 0) is 25.1 Å². The number of benzene rings is 1. The van der Waals surface area contributed by atoms with Gasteiger partial charge in [0.15, 0.2) is 0 Å². The van der Waals surface area contributed by atoms with E-state index in [1.165, 1.54) is 18.2 Å². The molecular weight excluding hydrogens is 155 g/mol. The summed E-state index contributed by atoms with van der Waals surface area (Å²) >= 11 is 0. The monoisotopic (exact) mass is 164 g/mol. The highest BCUT2D eigenvalue weighted by atomic mass is 19.1. The molecule has 2 heteroatoms. The minimum Gasteiger partial charge on any atom is -0.508 e. The van der Waals surface area contributed by atoms with Crippen molar-refractivity contribution < 1.29 is 9.50 Å². The van der Waals surface area contributed by atoms with Gasteiger partial charge < -0.3 is 5.11 Å². The molecule has 62 valence electrons. The minimum absolute atomic E-state index is 0.0434. The smallest absolute Gasteiger partial charge is 0.123 e. The van der Waals surface area contributed by atoms with E-state index in [1.54, 1.807) is 6.92 Å². The molecule has 0 amide bonds. The Morgan fingerprint density at radius 1 is 1.58 bits per heavy atom. The lowest BCUT2D eigenvalue weighted by molar-refractivity contribution is 0.464. The second-order valence-electron chi connectivity index (χ2n) is 2.59. The topological polar surface area (TPSA) is 20.2 Å². The molecule has 0 heterocycles. The summed E-state index contributed by atoms with van der Waals surface area (Å²) < 4.78 is 12.7. The van der Waals surface area contributed by atoms with Gasteiger partial charge in [-0.15, -0.1) is 6.42 Å². The quantitative estimate of drug-likeness (QED) is 0.631. The van der Waals surface area contributed by atoms with Crippen LogP contribution in [0.5, 0.6) is 5.75 Å². The maximum absolute atomic E-state index is 12.7. The Morgan fingerprint density at radius 3 is 2.83 bits per heavy atom. The number of rotatable bonds is 1. The third kappa shape index (κ3) is 1.57. The van der Waals surface area contributed by atoms with Gasteiger partial charge >= 0.3 is 0 Å². The van der Waals surface area contributed by atoms with Crippen LogP contribution >= 0.6 is 0 Å². The Labute approximate surface area is 70.9 Å². The molecule has 0 aliphatic carbocycles. The minimum atomic E-state index is -0.384. The standard InChI is InChI=1S/C10H9FO/c1-3-7(2)9-6-8(11)4-5-10(9)12/h1,4-7,12H,2H3. The molecule has 1 aromatic rings. The maximum atomic E-state index is 12.7. The summed E-state index contributed by atoms with van der Waals surface area (Å²) in [6.07, 6.45) is 5.14. The molecule has 1 atom stereocenters. The molecule has 0 aliphatic rings. The van der Waals surface area contributed by atoms with E-state index in [2.05, 4.69) is 5.92 Å². The maximum Gasteiger partial charge on any atom is 0.123 e. The number of aromatic hydroxyl groups is 1. The molecule has 0 saturated carbocycles. The molecule has 12 heavy (non-hydrogen) atoms. The van der Waals surface area contributed by atoms with E-state index in [-0.39, 0.29) is 17.5 Å². The van der Waals surface area contributed by atoms with Crippen LogP contribution in [0.4, 0.5) is 4.39 Å². The molecule has 0 fully saturated rings. The lowest BCUT2D eigenvalue weighted by atomic mass is 10.0. The van der Waals surface area contributed by atoms with Gasteiger partial charge in [-0.25, -0.2) is 4.39 Å². The molecule has 0 aliphatic heterocycles. The summed E-state index contributed by atoms with van der Waals surface area (Å²) in [5.41, 5.74) is 0.456. The number of phenols is 1. The predicted octanol–water partition coefficient (Wildman–Crippen LogP) is 2.27. The van der Waals surface area contributed by atoms with Crippen molar-refractivity contribution in [3.05, 3.63) is 29.6 Å². The molecule has 1 N–H and O–H groups in total. The van der Waals surface area contributed by atoms with Gasteiger partial charge in [-0.3, -0.25) is 0 Å². The first-order valence-electron chi connectivity index (χ1n) is 3.59. The van der Waals surface area contributed by atoms with E-state index in [4.69, 9.17) is 6.42 Å². The van der Waals surface area contributed by atoms with Gasteiger partial charge in [0.05, 0.1) is 0 Å². The first kappa shape index (κ1) is 8.61. The van der Waals surface area contributed by atoms with Crippen molar-refractivity contribution in [3.8, 4) is 18.1 Å². The highest BCUT2D eigenvalue weighted by Crippen LogP contribution is 2.25. The van der Waals surface area contributed by atoms with Crippen molar-refractivity contribution in [1.82, 2.24) is 0 Å². The van der Waals surface area contributed by atoms with E-state index in [9.17, 15) is 9.50 Å². The zero-order valence-electron chi connectivity index (χ0n) is 6.71. The predicted molar refractivity (Wildman–Crippen MR) is 45.3 cm³/mol. The van der Waals surface area contributed by atoms with E-state index in [0.717, 1.165) is 0 Å². The van der Waals surface area contributed by atoms with Gasteiger partial charge in [0.1, 0.15) is 11.6 Å². The average Bonchev–Trinajstić information content (AvgIpc) is 2.08. The Morgan fingerprint density at radius 2 is 2.25 bits per heavy atom. The van der Waals surface area contributed by atoms with Crippen molar-refractivity contribution in [2.75, 3.05) is 0 Å². The van der Waals surface area contributed by atoms with Gasteiger partial charge in [-0.1, -0.05) is 5.92 Å². The van der Waals surface area contributed by atoms with Gasteiger partial charge in [-0.2, -0.15) is 0 Å². The van der Waals surface area contributed by atoms with Crippen LogP contribution in [0.2, 0.25) is 0 Å². The van der Waals surface area contributed by atoms with Crippen molar-refractivity contribution in [3.63, 3.8) is 0 Å². The molecule has 1 nitrogen and oxygen atoms in total. The van der Waals surface area contributed by atoms with E-state index in [0.29, 0.717) is 5.56 Å². The van der Waals surface area contributed by atoms with Crippen LogP contribution in [0.15, 0.2) is 18.2 Å². The molecule has 1 aromatic carbocycles. The van der Waals surface area contributed by atoms with Crippen LogP contribution in [0.25, 0.3) is 0 Å². The molecule has 0 spiro atoms. The van der Waals surface area contributed by atoms with Gasteiger partial charge in [0.25, 0.3) is 0 Å². The van der Waals surface area contributed by atoms with Crippen LogP contribution in [-0.2, 0) is 0 Å². The Balaban J connectivity index is 3.15. The lowest BCUT2D eigenvalue weighted by Gasteiger charge is -2.06. The van der Waals surface area contributed by atoms with Crippen LogP contribution in [0.3, 0.4) is 0 Å². The summed E-state index contributed by atoms with van der Waals surface area (Å²) in [5.74, 6) is 1.82. The highest BCUT2D eigenvalue weighted by molar-refractivity contribution is 5.38. The van der Waals surface area contributed by atoms with Gasteiger partial charge in [0, 0.05) is 11.5 Å². The summed E-state index contributed by atoms with van der Waals surface area (Å²) in [4.78, 5) is 0. The summed E-state index contributed by atoms with van der Waals surface area (Å²) in [7, 11) is 0. The summed E-state index contributed by atoms with van der Waals surface area (Å²) in [6, 6.07) is 3.75. The molecule has 0 bridgehead atoms. The van der Waals surface area contributed by atoms with E-state index < -0.39 is 0 Å². The molecule has 1 unspecified atom stereocenters. The normalized spacial score (nSPS) is 12.1. The second-order valence-corrected chi connectivity index (χ2v) is 2.59. The number of hydrogen-bond acceptors (Lipinski definition) is 1. The molecule has 0 saturated heterocycles. The molecule has 1 rings (SSSR count). The SMILES string of the molecule is C#CC(C)c1cc(F)ccc1O. The molecule has 0 radical (unpaired) electrons. The Bertz CT molecular complexity index is 325. The van der Waals surface area contributed by atoms with Crippen LogP contribution < -0.4 is 0 Å². The van der Waals surface area contributed by atoms with Crippen molar-refractivity contribution in [2.45, 2.75) is 12.8 Å². The summed E-state index contributed by atoms with van der Waals surface area (Å²) in [6.45, 7) is 1.73. The fourth-order valence-corrected chi connectivity index (χ4v) is 0.962. The number of terminal acetylenes is 1. The molecule has 0 aromatic heterocycles. The second kappa shape index (κ2) is 3.27. The van der Waals surface area contributed by atoms with Crippen molar-refractivity contribution >= 4 is 0 Å². The van der Waals surface area contributed by atoms with E-state index in [1.807, 2.05) is 0 Å². The van der Waals surface area contributed by atoms with Crippen molar-refractivity contribution in [2.24, 2.45) is 0 Å².